The highest BCUT2D eigenvalue weighted by atomic mass is 32.1. The van der Waals surface area contributed by atoms with Crippen LogP contribution in [0.3, 0.4) is 0 Å². The summed E-state index contributed by atoms with van der Waals surface area (Å²) < 4.78 is 0. The fraction of sp³-hybridized carbons (Fsp3) is 0.909. The van der Waals surface area contributed by atoms with Crippen molar-refractivity contribution in [2.75, 3.05) is 13.3 Å². The van der Waals surface area contributed by atoms with Crippen LogP contribution in [0, 0.1) is 11.8 Å². The van der Waals surface area contributed by atoms with Gasteiger partial charge in [0, 0.05) is 6.04 Å². The van der Waals surface area contributed by atoms with Crippen LogP contribution in [0.5, 0.6) is 0 Å². The zero-order chi connectivity index (χ0) is 10.8. The van der Waals surface area contributed by atoms with Crippen LogP contribution in [0.25, 0.3) is 0 Å². The molecule has 15 heavy (non-hydrogen) atoms. The fourth-order valence-corrected chi connectivity index (χ4v) is 2.90. The van der Waals surface area contributed by atoms with Gasteiger partial charge in [-0.15, -0.1) is 0 Å². The van der Waals surface area contributed by atoms with Gasteiger partial charge in [-0.05, 0) is 30.5 Å². The average molecular weight is 227 g/mol. The van der Waals surface area contributed by atoms with E-state index in [1.165, 1.54) is 19.3 Å². The molecule has 2 fully saturated rings. The molecule has 2 N–H and O–H groups in total. The van der Waals surface area contributed by atoms with Crippen LogP contribution in [0.4, 0.5) is 0 Å². The van der Waals surface area contributed by atoms with Gasteiger partial charge in [-0.1, -0.05) is 26.7 Å². The molecular formula is C11H21N3S. The second-order valence-electron chi connectivity index (χ2n) is 4.92. The van der Waals surface area contributed by atoms with Crippen molar-refractivity contribution in [3.05, 3.63) is 0 Å². The molecule has 0 aromatic rings. The Hall–Kier alpha value is -0.350. The highest BCUT2D eigenvalue weighted by molar-refractivity contribution is 7.80. The predicted molar refractivity (Wildman–Crippen MR) is 66.4 cm³/mol. The molecule has 3 atom stereocenters. The molecule has 0 amide bonds. The van der Waals surface area contributed by atoms with E-state index in [4.69, 9.17) is 12.2 Å². The smallest absolute Gasteiger partial charge is 0.168 e. The SMILES string of the molecule is C[C@@H]1[C@H](C)CCC[C@@H]1N1CNC(=S)NC1. The van der Waals surface area contributed by atoms with E-state index >= 15 is 0 Å². The van der Waals surface area contributed by atoms with Crippen molar-refractivity contribution in [3.8, 4) is 0 Å². The lowest BCUT2D eigenvalue weighted by atomic mass is 9.77. The zero-order valence-corrected chi connectivity index (χ0v) is 10.4. The first kappa shape index (κ1) is 11.1. The summed E-state index contributed by atoms with van der Waals surface area (Å²) in [6.45, 7) is 6.59. The number of thiocarbonyl (C=S) groups is 1. The van der Waals surface area contributed by atoms with E-state index in [-0.39, 0.29) is 0 Å². The van der Waals surface area contributed by atoms with Gasteiger partial charge in [-0.3, -0.25) is 4.90 Å². The average Bonchev–Trinajstić information content (AvgIpc) is 2.24. The van der Waals surface area contributed by atoms with Crippen LogP contribution in [0.1, 0.15) is 33.1 Å². The van der Waals surface area contributed by atoms with E-state index in [9.17, 15) is 0 Å². The lowest BCUT2D eigenvalue weighted by molar-refractivity contribution is 0.0696. The first-order valence-electron chi connectivity index (χ1n) is 5.94. The number of rotatable bonds is 1. The van der Waals surface area contributed by atoms with E-state index < -0.39 is 0 Å². The minimum Gasteiger partial charge on any atom is -0.350 e. The number of hydrogen-bond acceptors (Lipinski definition) is 2. The van der Waals surface area contributed by atoms with Crippen molar-refractivity contribution in [1.29, 1.82) is 0 Å². The number of hydrogen-bond donors (Lipinski definition) is 2. The molecule has 0 unspecified atom stereocenters. The van der Waals surface area contributed by atoms with E-state index in [2.05, 4.69) is 29.4 Å². The molecule has 0 aromatic carbocycles. The quantitative estimate of drug-likeness (QED) is 0.664. The van der Waals surface area contributed by atoms with Gasteiger partial charge in [0.25, 0.3) is 0 Å². The van der Waals surface area contributed by atoms with Crippen LogP contribution in [-0.2, 0) is 0 Å². The molecule has 2 aliphatic rings. The summed E-state index contributed by atoms with van der Waals surface area (Å²) in [6.07, 6.45) is 4.10. The first-order chi connectivity index (χ1) is 7.18. The van der Waals surface area contributed by atoms with Gasteiger partial charge in [0.2, 0.25) is 0 Å². The largest absolute Gasteiger partial charge is 0.350 e. The van der Waals surface area contributed by atoms with E-state index in [1.54, 1.807) is 0 Å². The van der Waals surface area contributed by atoms with Gasteiger partial charge >= 0.3 is 0 Å². The molecule has 4 heteroatoms. The summed E-state index contributed by atoms with van der Waals surface area (Å²) in [6, 6.07) is 0.719. The molecule has 0 aromatic heterocycles. The Bertz CT molecular complexity index is 234. The second kappa shape index (κ2) is 4.66. The van der Waals surface area contributed by atoms with Gasteiger partial charge in [-0.25, -0.2) is 0 Å². The van der Waals surface area contributed by atoms with Crippen molar-refractivity contribution >= 4 is 17.3 Å². The minimum atomic E-state index is 0.719. The summed E-state index contributed by atoms with van der Waals surface area (Å²) in [5.41, 5.74) is 0. The minimum absolute atomic E-state index is 0.719. The van der Waals surface area contributed by atoms with Crippen molar-refractivity contribution in [1.82, 2.24) is 15.5 Å². The molecule has 3 nitrogen and oxygen atoms in total. The Kier molecular flexibility index (Phi) is 3.46. The molecule has 0 radical (unpaired) electrons. The normalized spacial score (nSPS) is 38.3. The Balaban J connectivity index is 1.94. The molecule has 86 valence electrons. The summed E-state index contributed by atoms with van der Waals surface area (Å²) in [5, 5.41) is 7.22. The first-order valence-corrected chi connectivity index (χ1v) is 6.35. The van der Waals surface area contributed by atoms with Gasteiger partial charge < -0.3 is 10.6 Å². The van der Waals surface area contributed by atoms with Crippen LogP contribution >= 0.6 is 12.2 Å². The lowest BCUT2D eigenvalue weighted by Crippen LogP contribution is -2.59. The third-order valence-corrected chi connectivity index (χ3v) is 4.31. The highest BCUT2D eigenvalue weighted by Gasteiger charge is 2.32. The zero-order valence-electron chi connectivity index (χ0n) is 9.62. The van der Waals surface area contributed by atoms with Crippen LogP contribution in [0.15, 0.2) is 0 Å². The summed E-state index contributed by atoms with van der Waals surface area (Å²) in [5.74, 6) is 1.66. The second-order valence-corrected chi connectivity index (χ2v) is 5.33. The molecule has 0 spiro atoms. The maximum Gasteiger partial charge on any atom is 0.168 e. The number of nitrogens with one attached hydrogen (secondary N) is 2. The van der Waals surface area contributed by atoms with Gasteiger partial charge in [-0.2, -0.15) is 0 Å². The molecule has 1 aliphatic carbocycles. The highest BCUT2D eigenvalue weighted by Crippen LogP contribution is 2.32. The molecule has 1 heterocycles. The van der Waals surface area contributed by atoms with Crippen LogP contribution < -0.4 is 10.6 Å². The number of nitrogens with zero attached hydrogens (tertiary/aromatic N) is 1. The van der Waals surface area contributed by atoms with E-state index in [1.807, 2.05) is 0 Å². The van der Waals surface area contributed by atoms with Crippen molar-refractivity contribution in [2.24, 2.45) is 11.8 Å². The van der Waals surface area contributed by atoms with Crippen molar-refractivity contribution in [3.63, 3.8) is 0 Å². The molecule has 1 aliphatic heterocycles. The summed E-state index contributed by atoms with van der Waals surface area (Å²) >= 11 is 5.06. The third-order valence-electron chi connectivity index (χ3n) is 4.02. The van der Waals surface area contributed by atoms with Gasteiger partial charge in [0.1, 0.15) is 0 Å². The molecule has 0 bridgehead atoms. The Morgan fingerprint density at radius 3 is 2.53 bits per heavy atom. The van der Waals surface area contributed by atoms with Gasteiger partial charge in [0.15, 0.2) is 5.11 Å². The summed E-state index contributed by atoms with van der Waals surface area (Å²) in [7, 11) is 0. The van der Waals surface area contributed by atoms with E-state index in [0.29, 0.717) is 0 Å². The monoisotopic (exact) mass is 227 g/mol. The van der Waals surface area contributed by atoms with Crippen LogP contribution in [0.2, 0.25) is 0 Å². The molecule has 1 saturated carbocycles. The lowest BCUT2D eigenvalue weighted by Gasteiger charge is -2.43. The van der Waals surface area contributed by atoms with Crippen LogP contribution in [-0.4, -0.2) is 29.4 Å². The fourth-order valence-electron chi connectivity index (χ4n) is 2.77. The molecule has 1 saturated heterocycles. The molecular weight excluding hydrogens is 206 g/mol. The van der Waals surface area contributed by atoms with Gasteiger partial charge in [0.05, 0.1) is 13.3 Å². The van der Waals surface area contributed by atoms with E-state index in [0.717, 1.165) is 36.3 Å². The maximum absolute atomic E-state index is 5.06. The summed E-state index contributed by atoms with van der Waals surface area (Å²) in [4.78, 5) is 2.48. The standard InChI is InChI=1S/C11H21N3S/c1-8-4-3-5-10(9(8)2)14-6-12-11(15)13-7-14/h8-10H,3-7H2,1-2H3,(H2,12,13,15)/t8-,9-,10+/m1/s1. The topological polar surface area (TPSA) is 27.3 Å². The molecule has 2 rings (SSSR count). The van der Waals surface area contributed by atoms with Crippen molar-refractivity contribution in [2.45, 2.75) is 39.2 Å². The van der Waals surface area contributed by atoms with Crippen molar-refractivity contribution < 1.29 is 0 Å². The Labute approximate surface area is 97.6 Å². The third kappa shape index (κ3) is 2.42. The predicted octanol–water partition coefficient (Wildman–Crippen LogP) is 1.51. The maximum atomic E-state index is 5.06. The Morgan fingerprint density at radius 2 is 1.87 bits per heavy atom. The Morgan fingerprint density at radius 1 is 1.20 bits per heavy atom.